The molecule has 5 heteroatoms. The summed E-state index contributed by atoms with van der Waals surface area (Å²) in [4.78, 5) is 0. The lowest BCUT2D eigenvalue weighted by atomic mass is 10.1. The highest BCUT2D eigenvalue weighted by Crippen LogP contribution is 2.26. The Morgan fingerprint density at radius 3 is 2.29 bits per heavy atom. The van der Waals surface area contributed by atoms with Gasteiger partial charge in [-0.3, -0.25) is 0 Å². The number of halogens is 1. The number of allylic oxidation sites excluding steroid dienone is 1. The van der Waals surface area contributed by atoms with E-state index < -0.39 is 0 Å². The van der Waals surface area contributed by atoms with Crippen molar-refractivity contribution in [3.63, 3.8) is 0 Å². The van der Waals surface area contributed by atoms with Crippen LogP contribution in [0.2, 0.25) is 0 Å². The molecule has 2 aromatic carbocycles. The molecule has 0 aliphatic heterocycles. The minimum absolute atomic E-state index is 0.0222. The van der Waals surface area contributed by atoms with Crippen LogP contribution in [0.4, 0.5) is 4.39 Å². The predicted molar refractivity (Wildman–Crippen MR) is 88.2 cm³/mol. The predicted octanol–water partition coefficient (Wildman–Crippen LogP) is 4.11. The lowest BCUT2D eigenvalue weighted by Gasteiger charge is -2.00. The highest BCUT2D eigenvalue weighted by atomic mass is 19.1. The maximum Gasteiger partial charge on any atom is 0.130 e. The minimum atomic E-state index is -0.340. The second kappa shape index (κ2) is 6.60. The van der Waals surface area contributed by atoms with Crippen molar-refractivity contribution >= 4 is 6.08 Å². The van der Waals surface area contributed by atoms with Crippen molar-refractivity contribution in [2.75, 3.05) is 0 Å². The smallest absolute Gasteiger partial charge is 0.130 e. The number of benzene rings is 2. The fraction of sp³-hybridized carbons (Fsp3) is 0. The third-order valence-corrected chi connectivity index (χ3v) is 3.42. The SMILES string of the molecule is N#CC(C#N)=Cc1cn(-c2ccccc2)nc1-c1ccc(F)cc1. The van der Waals surface area contributed by atoms with Crippen molar-refractivity contribution < 1.29 is 4.39 Å². The highest BCUT2D eigenvalue weighted by molar-refractivity contribution is 5.75. The van der Waals surface area contributed by atoms with Crippen LogP contribution in [0.3, 0.4) is 0 Å². The van der Waals surface area contributed by atoms with E-state index in [4.69, 9.17) is 10.5 Å². The third-order valence-electron chi connectivity index (χ3n) is 3.42. The van der Waals surface area contributed by atoms with Gasteiger partial charge in [0.2, 0.25) is 0 Å². The topological polar surface area (TPSA) is 65.4 Å². The molecule has 3 rings (SSSR count). The Labute approximate surface area is 138 Å². The number of hydrogen-bond donors (Lipinski definition) is 0. The molecule has 1 heterocycles. The van der Waals surface area contributed by atoms with E-state index in [0.717, 1.165) is 5.69 Å². The average molecular weight is 314 g/mol. The quantitative estimate of drug-likeness (QED) is 0.683. The number of rotatable bonds is 3. The summed E-state index contributed by atoms with van der Waals surface area (Å²) in [7, 11) is 0. The number of aromatic nitrogens is 2. The van der Waals surface area contributed by atoms with Gasteiger partial charge in [-0.25, -0.2) is 9.07 Å². The molecule has 0 bridgehead atoms. The van der Waals surface area contributed by atoms with Crippen LogP contribution >= 0.6 is 0 Å². The van der Waals surface area contributed by atoms with Gasteiger partial charge in [0.25, 0.3) is 0 Å². The van der Waals surface area contributed by atoms with Crippen LogP contribution in [0.15, 0.2) is 66.4 Å². The molecule has 0 radical (unpaired) electrons. The Bertz CT molecular complexity index is 955. The first-order chi connectivity index (χ1) is 11.7. The zero-order valence-electron chi connectivity index (χ0n) is 12.5. The van der Waals surface area contributed by atoms with Crippen molar-refractivity contribution in [1.82, 2.24) is 9.78 Å². The number of nitriles is 2. The van der Waals surface area contributed by atoms with Crippen molar-refractivity contribution in [3.8, 4) is 29.1 Å². The number of para-hydroxylation sites is 1. The van der Waals surface area contributed by atoms with Crippen LogP contribution in [0.1, 0.15) is 5.56 Å². The summed E-state index contributed by atoms with van der Waals surface area (Å²) in [5.74, 6) is -0.340. The van der Waals surface area contributed by atoms with Crippen LogP contribution in [0.25, 0.3) is 23.0 Å². The van der Waals surface area contributed by atoms with Gasteiger partial charge in [-0.2, -0.15) is 15.6 Å². The Morgan fingerprint density at radius 1 is 1.00 bits per heavy atom. The molecule has 0 unspecified atom stereocenters. The van der Waals surface area contributed by atoms with E-state index in [1.165, 1.54) is 18.2 Å². The minimum Gasteiger partial charge on any atom is -0.240 e. The molecule has 1 aromatic heterocycles. The summed E-state index contributed by atoms with van der Waals surface area (Å²) >= 11 is 0. The Kier molecular flexibility index (Phi) is 4.18. The van der Waals surface area contributed by atoms with Gasteiger partial charge in [0, 0.05) is 17.3 Å². The molecule has 0 saturated carbocycles. The Hall–Kier alpha value is -3.70. The second-order valence-electron chi connectivity index (χ2n) is 5.00. The second-order valence-corrected chi connectivity index (χ2v) is 5.00. The standard InChI is InChI=1S/C19H11FN4/c20-17-8-6-15(7-9-17)19-16(10-14(11-21)12-22)13-24(23-19)18-4-2-1-3-5-18/h1-10,13H. The highest BCUT2D eigenvalue weighted by Gasteiger charge is 2.12. The molecule has 0 atom stereocenters. The number of nitrogens with zero attached hydrogens (tertiary/aromatic N) is 4. The largest absolute Gasteiger partial charge is 0.240 e. The first-order valence-corrected chi connectivity index (χ1v) is 7.14. The van der Waals surface area contributed by atoms with Crippen LogP contribution in [-0.2, 0) is 0 Å². The molecule has 3 aromatic rings. The number of hydrogen-bond acceptors (Lipinski definition) is 3. The van der Waals surface area contributed by atoms with E-state index >= 15 is 0 Å². The van der Waals surface area contributed by atoms with E-state index in [0.29, 0.717) is 16.8 Å². The van der Waals surface area contributed by atoms with Gasteiger partial charge in [-0.15, -0.1) is 0 Å². The van der Waals surface area contributed by atoms with Crippen LogP contribution in [-0.4, -0.2) is 9.78 Å². The summed E-state index contributed by atoms with van der Waals surface area (Å²) in [5.41, 5.74) is 2.71. The maximum atomic E-state index is 13.2. The lowest BCUT2D eigenvalue weighted by Crippen LogP contribution is -1.94. The van der Waals surface area contributed by atoms with Gasteiger partial charge in [-0.05, 0) is 42.5 Å². The van der Waals surface area contributed by atoms with E-state index in [1.807, 2.05) is 42.5 Å². The molecule has 0 aliphatic carbocycles. The Balaban J connectivity index is 2.17. The van der Waals surface area contributed by atoms with Gasteiger partial charge in [0.15, 0.2) is 0 Å². The van der Waals surface area contributed by atoms with Crippen LogP contribution < -0.4 is 0 Å². The van der Waals surface area contributed by atoms with E-state index in [2.05, 4.69) is 5.10 Å². The van der Waals surface area contributed by atoms with Gasteiger partial charge in [0.1, 0.15) is 29.2 Å². The van der Waals surface area contributed by atoms with E-state index in [1.54, 1.807) is 23.0 Å². The fourth-order valence-corrected chi connectivity index (χ4v) is 2.28. The van der Waals surface area contributed by atoms with Gasteiger partial charge in [0.05, 0.1) is 5.69 Å². The first-order valence-electron chi connectivity index (χ1n) is 7.14. The normalized spacial score (nSPS) is 9.79. The maximum absolute atomic E-state index is 13.2. The molecule has 0 spiro atoms. The molecule has 0 saturated heterocycles. The van der Waals surface area contributed by atoms with Gasteiger partial charge >= 0.3 is 0 Å². The molecule has 114 valence electrons. The average Bonchev–Trinajstić information content (AvgIpc) is 3.05. The van der Waals surface area contributed by atoms with Crippen LogP contribution in [0, 0.1) is 28.5 Å². The monoisotopic (exact) mass is 314 g/mol. The van der Waals surface area contributed by atoms with Crippen molar-refractivity contribution in [2.45, 2.75) is 0 Å². The fourth-order valence-electron chi connectivity index (χ4n) is 2.28. The van der Waals surface area contributed by atoms with E-state index in [-0.39, 0.29) is 11.4 Å². The third kappa shape index (κ3) is 3.06. The molecule has 0 aliphatic rings. The molecule has 0 fully saturated rings. The van der Waals surface area contributed by atoms with Gasteiger partial charge < -0.3 is 0 Å². The zero-order valence-corrected chi connectivity index (χ0v) is 12.5. The Morgan fingerprint density at radius 2 is 1.67 bits per heavy atom. The summed E-state index contributed by atoms with van der Waals surface area (Å²) in [6.07, 6.45) is 3.22. The molecule has 0 N–H and O–H groups in total. The van der Waals surface area contributed by atoms with Crippen molar-refractivity contribution in [2.24, 2.45) is 0 Å². The molecular weight excluding hydrogens is 303 g/mol. The van der Waals surface area contributed by atoms with E-state index in [9.17, 15) is 4.39 Å². The molecule has 4 nitrogen and oxygen atoms in total. The van der Waals surface area contributed by atoms with Crippen LogP contribution in [0.5, 0.6) is 0 Å². The van der Waals surface area contributed by atoms with Crippen molar-refractivity contribution in [3.05, 3.63) is 77.7 Å². The summed E-state index contributed by atoms with van der Waals surface area (Å²) in [5, 5.41) is 22.5. The lowest BCUT2D eigenvalue weighted by molar-refractivity contribution is 0.628. The molecular formula is C19H11FN4. The summed E-state index contributed by atoms with van der Waals surface area (Å²) < 4.78 is 14.8. The molecule has 0 amide bonds. The summed E-state index contributed by atoms with van der Waals surface area (Å²) in [6.45, 7) is 0. The van der Waals surface area contributed by atoms with Gasteiger partial charge in [-0.1, -0.05) is 18.2 Å². The van der Waals surface area contributed by atoms with Crippen molar-refractivity contribution in [1.29, 1.82) is 10.5 Å². The zero-order chi connectivity index (χ0) is 16.9. The molecule has 24 heavy (non-hydrogen) atoms. The first kappa shape index (κ1) is 15.2. The summed E-state index contributed by atoms with van der Waals surface area (Å²) in [6, 6.07) is 19.1.